The summed E-state index contributed by atoms with van der Waals surface area (Å²) in [5, 5.41) is 16.6. The third kappa shape index (κ3) is 7.11. The smallest absolute Gasteiger partial charge is 0.317 e. The molecule has 0 saturated carbocycles. The minimum Gasteiger partial charge on any atom is -0.505 e. The Morgan fingerprint density at radius 1 is 1.00 bits per heavy atom. The summed E-state index contributed by atoms with van der Waals surface area (Å²) in [7, 11) is 0. The molecule has 0 aliphatic carbocycles. The topological polar surface area (TPSA) is 146 Å². The van der Waals surface area contributed by atoms with Crippen molar-refractivity contribution in [3.8, 4) is 5.75 Å². The number of amides is 4. The summed E-state index contributed by atoms with van der Waals surface area (Å²) in [6, 6.07) is 7.43. The third-order valence-corrected chi connectivity index (χ3v) is 7.66. The average molecular weight is 595 g/mol. The molecule has 12 nitrogen and oxygen atoms in total. The maximum Gasteiger partial charge on any atom is 0.317 e. The molecule has 0 bridgehead atoms. The van der Waals surface area contributed by atoms with E-state index in [0.717, 1.165) is 12.0 Å². The molecule has 0 atom stereocenters. The molecule has 1 aromatic carbocycles. The number of carbonyl (C=O) groups excluding carboxylic acids is 3. The number of halogens is 1. The lowest BCUT2D eigenvalue weighted by atomic mass is 10.1. The van der Waals surface area contributed by atoms with Crippen LogP contribution >= 0.6 is 0 Å². The van der Waals surface area contributed by atoms with Crippen LogP contribution in [0.3, 0.4) is 0 Å². The van der Waals surface area contributed by atoms with Crippen molar-refractivity contribution in [2.45, 2.75) is 32.2 Å². The first-order chi connectivity index (χ1) is 20.8. The van der Waals surface area contributed by atoms with Gasteiger partial charge >= 0.3 is 6.03 Å². The molecule has 2 aliphatic rings. The van der Waals surface area contributed by atoms with Gasteiger partial charge in [-0.1, -0.05) is 12.1 Å². The van der Waals surface area contributed by atoms with E-state index in [4.69, 9.17) is 4.74 Å². The van der Waals surface area contributed by atoms with E-state index in [1.54, 1.807) is 28.0 Å². The Hall–Kier alpha value is -4.52. The largest absolute Gasteiger partial charge is 0.505 e. The van der Waals surface area contributed by atoms with Crippen molar-refractivity contribution >= 4 is 28.9 Å². The van der Waals surface area contributed by atoms with Crippen LogP contribution in [0.1, 0.15) is 40.7 Å². The molecule has 2 aliphatic heterocycles. The number of rotatable bonds is 10. The van der Waals surface area contributed by atoms with Crippen LogP contribution in [0.25, 0.3) is 11.0 Å². The molecule has 2 saturated heterocycles. The number of carbonyl (C=O) groups is 3. The summed E-state index contributed by atoms with van der Waals surface area (Å²) in [5.74, 6) is -1.55. The third-order valence-electron chi connectivity index (χ3n) is 7.66. The van der Waals surface area contributed by atoms with Gasteiger partial charge in [-0.3, -0.25) is 19.4 Å². The van der Waals surface area contributed by atoms with E-state index in [-0.39, 0.29) is 42.9 Å². The second-order valence-corrected chi connectivity index (χ2v) is 10.6. The van der Waals surface area contributed by atoms with Gasteiger partial charge in [0, 0.05) is 58.4 Å². The predicted molar refractivity (Wildman–Crippen MR) is 155 cm³/mol. The lowest BCUT2D eigenvalue weighted by Crippen LogP contribution is -2.47. The molecular weight excluding hydrogens is 559 g/mol. The minimum atomic E-state index is -0.750. The number of nitrogens with zero attached hydrogens (tertiary/aromatic N) is 4. The highest BCUT2D eigenvalue weighted by Crippen LogP contribution is 2.26. The summed E-state index contributed by atoms with van der Waals surface area (Å²) < 4.78 is 20.0. The van der Waals surface area contributed by atoms with Gasteiger partial charge in [-0.05, 0) is 48.6 Å². The maximum absolute atomic E-state index is 13.7. The van der Waals surface area contributed by atoms with Gasteiger partial charge < -0.3 is 34.8 Å². The fourth-order valence-corrected chi connectivity index (χ4v) is 5.36. The summed E-state index contributed by atoms with van der Waals surface area (Å²) in [6.07, 6.45) is 3.78. The number of nitrogens with one attached hydrogen (secondary N) is 2. The number of urea groups is 1. The number of hydrogen-bond donors (Lipinski definition) is 3. The second kappa shape index (κ2) is 13.6. The molecule has 43 heavy (non-hydrogen) atoms. The first-order valence-corrected chi connectivity index (χ1v) is 14.5. The van der Waals surface area contributed by atoms with Gasteiger partial charge in [-0.15, -0.1) is 0 Å². The average Bonchev–Trinajstić information content (AvgIpc) is 3.42. The normalized spacial score (nSPS) is 15.2. The van der Waals surface area contributed by atoms with E-state index in [9.17, 15) is 28.7 Å². The van der Waals surface area contributed by atoms with E-state index >= 15 is 0 Å². The first kappa shape index (κ1) is 30.0. The molecule has 2 aromatic heterocycles. The molecule has 2 fully saturated rings. The molecule has 4 heterocycles. The van der Waals surface area contributed by atoms with Crippen molar-refractivity contribution in [3.63, 3.8) is 0 Å². The van der Waals surface area contributed by atoms with Gasteiger partial charge in [-0.2, -0.15) is 0 Å². The number of benzene rings is 1. The highest BCUT2D eigenvalue weighted by Gasteiger charge is 2.24. The van der Waals surface area contributed by atoms with Crippen molar-refractivity contribution in [2.75, 3.05) is 52.5 Å². The van der Waals surface area contributed by atoms with Gasteiger partial charge in [0.2, 0.25) is 5.91 Å². The Kier molecular flexibility index (Phi) is 9.50. The molecule has 0 spiro atoms. The van der Waals surface area contributed by atoms with Crippen LogP contribution in [-0.2, 0) is 22.5 Å². The molecule has 3 N–H and O–H groups in total. The maximum atomic E-state index is 13.7. The molecule has 0 unspecified atom stereocenters. The first-order valence-electron chi connectivity index (χ1n) is 14.5. The quantitative estimate of drug-likeness (QED) is 0.303. The Morgan fingerprint density at radius 2 is 1.77 bits per heavy atom. The Morgan fingerprint density at radius 3 is 2.49 bits per heavy atom. The Labute approximate surface area is 247 Å². The fourth-order valence-electron chi connectivity index (χ4n) is 5.36. The number of morpholine rings is 1. The number of aromatic hydroxyl groups is 1. The van der Waals surface area contributed by atoms with Crippen LogP contribution in [0.5, 0.6) is 5.75 Å². The van der Waals surface area contributed by atoms with Gasteiger partial charge in [0.15, 0.2) is 5.75 Å². The molecular formula is C30H35FN6O6. The second-order valence-electron chi connectivity index (χ2n) is 10.6. The Bertz CT molecular complexity index is 1550. The monoisotopic (exact) mass is 594 g/mol. The van der Waals surface area contributed by atoms with E-state index in [0.29, 0.717) is 69.7 Å². The highest BCUT2D eigenvalue weighted by molar-refractivity contribution is 6.01. The summed E-state index contributed by atoms with van der Waals surface area (Å²) in [4.78, 5) is 59.1. The van der Waals surface area contributed by atoms with Crippen molar-refractivity contribution in [1.29, 1.82) is 0 Å². The standard InChI is InChI=1S/C30H35FN6O6/c31-22-6-4-20(5-7-22)17-21-18-23-26(34-19-21)27(39)25(28(40)32-8-2-11-35-10-1-3-24(35)38)29(41)37(23)12-9-33-30(42)36-13-15-43-16-14-36/h4-7,18-19,39H,1-3,8-17H2,(H,32,40)(H,33,42). The summed E-state index contributed by atoms with van der Waals surface area (Å²) in [5.41, 5.74) is 0.728. The van der Waals surface area contributed by atoms with Crippen molar-refractivity contribution in [2.24, 2.45) is 0 Å². The molecule has 228 valence electrons. The van der Waals surface area contributed by atoms with Crippen LogP contribution in [0.2, 0.25) is 0 Å². The van der Waals surface area contributed by atoms with Gasteiger partial charge in [0.1, 0.15) is 16.9 Å². The van der Waals surface area contributed by atoms with Crippen LogP contribution < -0.4 is 16.2 Å². The van der Waals surface area contributed by atoms with Gasteiger partial charge in [0.05, 0.1) is 18.7 Å². The van der Waals surface area contributed by atoms with E-state index in [1.807, 2.05) is 0 Å². The number of aromatic nitrogens is 2. The predicted octanol–water partition coefficient (Wildman–Crippen LogP) is 1.62. The van der Waals surface area contributed by atoms with Crippen LogP contribution in [0.4, 0.5) is 9.18 Å². The number of pyridine rings is 2. The van der Waals surface area contributed by atoms with Crippen molar-refractivity contribution in [3.05, 3.63) is 69.4 Å². The van der Waals surface area contributed by atoms with Crippen LogP contribution in [-0.4, -0.2) is 94.8 Å². The number of hydrogen-bond acceptors (Lipinski definition) is 7. The zero-order chi connectivity index (χ0) is 30.3. The number of fused-ring (bicyclic) bond motifs is 1. The summed E-state index contributed by atoms with van der Waals surface area (Å²) in [6.45, 7) is 3.32. The van der Waals surface area contributed by atoms with Crippen molar-refractivity contribution < 1.29 is 28.6 Å². The SMILES string of the molecule is O=C(NCCCN1CCCC1=O)c1c(O)c2ncc(Cc3ccc(F)cc3)cc2n(CCNC(=O)N2CCOCC2)c1=O. The lowest BCUT2D eigenvalue weighted by Gasteiger charge is -2.27. The van der Waals surface area contributed by atoms with E-state index in [1.165, 1.54) is 22.9 Å². The van der Waals surface area contributed by atoms with E-state index in [2.05, 4.69) is 15.6 Å². The van der Waals surface area contributed by atoms with Crippen LogP contribution in [0, 0.1) is 5.82 Å². The molecule has 5 rings (SSSR count). The van der Waals surface area contributed by atoms with Crippen LogP contribution in [0.15, 0.2) is 41.3 Å². The van der Waals surface area contributed by atoms with E-state index < -0.39 is 22.8 Å². The highest BCUT2D eigenvalue weighted by atomic mass is 19.1. The fraction of sp³-hybridized carbons (Fsp3) is 0.433. The zero-order valence-corrected chi connectivity index (χ0v) is 23.8. The molecule has 4 amide bonds. The molecule has 0 radical (unpaired) electrons. The Balaban J connectivity index is 1.38. The number of likely N-dealkylation sites (tertiary alicyclic amines) is 1. The van der Waals surface area contributed by atoms with Gasteiger partial charge in [-0.25, -0.2) is 9.18 Å². The zero-order valence-electron chi connectivity index (χ0n) is 23.8. The molecule has 3 aromatic rings. The lowest BCUT2D eigenvalue weighted by molar-refractivity contribution is -0.127. The minimum absolute atomic E-state index is 0.0186. The number of ether oxygens (including phenoxy) is 1. The molecule has 13 heteroatoms. The summed E-state index contributed by atoms with van der Waals surface area (Å²) >= 11 is 0. The van der Waals surface area contributed by atoms with Crippen molar-refractivity contribution in [1.82, 2.24) is 30.0 Å². The van der Waals surface area contributed by atoms with Gasteiger partial charge in [0.25, 0.3) is 11.5 Å².